The van der Waals surface area contributed by atoms with Gasteiger partial charge < -0.3 is 23.8 Å². The smallest absolute Gasteiger partial charge is 0.306 e. The number of nitrogens with zero attached hydrogens (tertiary/aromatic N) is 1. The Morgan fingerprint density at radius 1 is 0.650 bits per heavy atom. The van der Waals surface area contributed by atoms with Crippen LogP contribution < -0.4 is 0 Å². The van der Waals surface area contributed by atoms with E-state index in [1.54, 1.807) is 0 Å². The fraction of sp³-hybridized carbons (Fsp3) is 0.939. The van der Waals surface area contributed by atoms with Gasteiger partial charge in [0.25, 0.3) is 0 Å². The first-order valence-electron chi connectivity index (χ1n) is 16.9. The molecule has 1 atom stereocenters. The van der Waals surface area contributed by atoms with E-state index in [1.165, 1.54) is 77.0 Å². The first kappa shape index (κ1) is 36.8. The SMILES string of the molecule is CCCCCCCCOC(CCC(=O)OCCC(CC)OC(=O)CCCN1CCCC1)OCCCCCCCC. The van der Waals surface area contributed by atoms with Crippen LogP contribution >= 0.6 is 0 Å². The molecule has 0 N–H and O–H groups in total. The summed E-state index contributed by atoms with van der Waals surface area (Å²) < 4.78 is 23.1. The van der Waals surface area contributed by atoms with Crippen molar-refractivity contribution < 1.29 is 28.5 Å². The Kier molecular flexibility index (Phi) is 24.6. The lowest BCUT2D eigenvalue weighted by Gasteiger charge is -2.19. The van der Waals surface area contributed by atoms with Gasteiger partial charge in [0.15, 0.2) is 6.29 Å². The summed E-state index contributed by atoms with van der Waals surface area (Å²) in [5, 5.41) is 0. The zero-order valence-corrected chi connectivity index (χ0v) is 26.4. The number of hydrogen-bond acceptors (Lipinski definition) is 7. The molecule has 0 aliphatic carbocycles. The van der Waals surface area contributed by atoms with E-state index < -0.39 is 0 Å². The van der Waals surface area contributed by atoms with E-state index in [0.29, 0.717) is 32.5 Å². The van der Waals surface area contributed by atoms with Crippen LogP contribution in [0.2, 0.25) is 0 Å². The fourth-order valence-corrected chi connectivity index (χ4v) is 5.07. The van der Waals surface area contributed by atoms with Crippen molar-refractivity contribution >= 4 is 11.9 Å². The van der Waals surface area contributed by atoms with Gasteiger partial charge >= 0.3 is 11.9 Å². The summed E-state index contributed by atoms with van der Waals surface area (Å²) in [6, 6.07) is 0. The molecule has 0 amide bonds. The molecule has 1 aliphatic rings. The maximum Gasteiger partial charge on any atom is 0.306 e. The van der Waals surface area contributed by atoms with Gasteiger partial charge in [-0.15, -0.1) is 0 Å². The van der Waals surface area contributed by atoms with E-state index in [2.05, 4.69) is 18.7 Å². The average molecular weight is 570 g/mol. The highest BCUT2D eigenvalue weighted by Crippen LogP contribution is 2.13. The summed E-state index contributed by atoms with van der Waals surface area (Å²) >= 11 is 0. The Bertz CT molecular complexity index is 577. The van der Waals surface area contributed by atoms with E-state index in [-0.39, 0.29) is 37.4 Å². The van der Waals surface area contributed by atoms with E-state index in [9.17, 15) is 9.59 Å². The van der Waals surface area contributed by atoms with Gasteiger partial charge in [0.1, 0.15) is 6.10 Å². The summed E-state index contributed by atoms with van der Waals surface area (Å²) in [6.45, 7) is 11.3. The van der Waals surface area contributed by atoms with Gasteiger partial charge in [0, 0.05) is 32.5 Å². The first-order chi connectivity index (χ1) is 19.6. The molecule has 40 heavy (non-hydrogen) atoms. The van der Waals surface area contributed by atoms with Crippen LogP contribution in [0.5, 0.6) is 0 Å². The first-order valence-corrected chi connectivity index (χ1v) is 16.9. The lowest BCUT2D eigenvalue weighted by atomic mass is 10.1. The number of unbranched alkanes of at least 4 members (excludes halogenated alkanes) is 10. The molecule has 1 heterocycles. The van der Waals surface area contributed by atoms with Gasteiger partial charge in [0.05, 0.1) is 13.0 Å². The van der Waals surface area contributed by atoms with Crippen molar-refractivity contribution in [3.8, 4) is 0 Å². The second kappa shape index (κ2) is 26.7. The average Bonchev–Trinajstić information content (AvgIpc) is 3.47. The molecule has 0 spiro atoms. The predicted octanol–water partition coefficient (Wildman–Crippen LogP) is 7.98. The highest BCUT2D eigenvalue weighted by molar-refractivity contribution is 5.70. The van der Waals surface area contributed by atoms with Crippen LogP contribution in [-0.2, 0) is 28.5 Å². The predicted molar refractivity (Wildman–Crippen MR) is 162 cm³/mol. The molecule has 0 saturated carbocycles. The normalized spacial score (nSPS) is 14.6. The second-order valence-corrected chi connectivity index (χ2v) is 11.4. The molecule has 7 heteroatoms. The topological polar surface area (TPSA) is 74.3 Å². The molecule has 1 aliphatic heterocycles. The van der Waals surface area contributed by atoms with Gasteiger partial charge in [0.2, 0.25) is 0 Å². The van der Waals surface area contributed by atoms with Crippen molar-refractivity contribution in [2.75, 3.05) is 39.5 Å². The molecule has 1 saturated heterocycles. The van der Waals surface area contributed by atoms with Gasteiger partial charge in [-0.1, -0.05) is 85.0 Å². The third-order valence-corrected chi connectivity index (χ3v) is 7.70. The van der Waals surface area contributed by atoms with E-state index in [4.69, 9.17) is 18.9 Å². The van der Waals surface area contributed by atoms with Crippen molar-refractivity contribution in [2.45, 2.75) is 162 Å². The molecule has 1 fully saturated rings. The minimum Gasteiger partial charge on any atom is -0.466 e. The van der Waals surface area contributed by atoms with Crippen molar-refractivity contribution in [1.29, 1.82) is 0 Å². The van der Waals surface area contributed by atoms with Gasteiger partial charge in [-0.05, 0) is 58.2 Å². The molecule has 0 aromatic carbocycles. The van der Waals surface area contributed by atoms with E-state index in [1.807, 2.05) is 6.92 Å². The Labute approximate surface area is 246 Å². The summed E-state index contributed by atoms with van der Waals surface area (Å²) in [7, 11) is 0. The van der Waals surface area contributed by atoms with Crippen LogP contribution in [0.4, 0.5) is 0 Å². The van der Waals surface area contributed by atoms with Crippen molar-refractivity contribution in [2.24, 2.45) is 0 Å². The molecule has 1 unspecified atom stereocenters. The maximum absolute atomic E-state index is 12.4. The van der Waals surface area contributed by atoms with Crippen molar-refractivity contribution in [3.63, 3.8) is 0 Å². The number of ether oxygens (including phenoxy) is 4. The monoisotopic (exact) mass is 569 g/mol. The summed E-state index contributed by atoms with van der Waals surface area (Å²) in [6.07, 6.45) is 19.9. The molecule has 0 aromatic heterocycles. The Hall–Kier alpha value is -1.18. The van der Waals surface area contributed by atoms with Crippen LogP contribution in [0.1, 0.15) is 149 Å². The third kappa shape index (κ3) is 21.6. The van der Waals surface area contributed by atoms with Crippen molar-refractivity contribution in [1.82, 2.24) is 4.90 Å². The van der Waals surface area contributed by atoms with Crippen LogP contribution in [-0.4, -0.2) is 68.7 Å². The fourth-order valence-electron chi connectivity index (χ4n) is 5.07. The molecule has 0 radical (unpaired) electrons. The number of rotatable bonds is 28. The Morgan fingerprint density at radius 2 is 1.23 bits per heavy atom. The Balaban J connectivity index is 2.24. The van der Waals surface area contributed by atoms with Gasteiger partial charge in [-0.3, -0.25) is 9.59 Å². The zero-order valence-electron chi connectivity index (χ0n) is 26.4. The highest BCUT2D eigenvalue weighted by Gasteiger charge is 2.17. The van der Waals surface area contributed by atoms with Crippen LogP contribution in [0.25, 0.3) is 0 Å². The number of esters is 2. The molecular formula is C33H63NO6. The highest BCUT2D eigenvalue weighted by atomic mass is 16.7. The summed E-state index contributed by atoms with van der Waals surface area (Å²) in [5.41, 5.74) is 0. The van der Waals surface area contributed by atoms with Crippen molar-refractivity contribution in [3.05, 3.63) is 0 Å². The molecule has 7 nitrogen and oxygen atoms in total. The van der Waals surface area contributed by atoms with Crippen LogP contribution in [0.3, 0.4) is 0 Å². The number of likely N-dealkylation sites (tertiary alicyclic amines) is 1. The van der Waals surface area contributed by atoms with Gasteiger partial charge in [-0.25, -0.2) is 0 Å². The largest absolute Gasteiger partial charge is 0.466 e. The molecular weight excluding hydrogens is 506 g/mol. The van der Waals surface area contributed by atoms with Crippen LogP contribution in [0.15, 0.2) is 0 Å². The third-order valence-electron chi connectivity index (χ3n) is 7.70. The Morgan fingerprint density at radius 3 is 1.80 bits per heavy atom. The molecule has 1 rings (SSSR count). The lowest BCUT2D eigenvalue weighted by Crippen LogP contribution is -2.24. The van der Waals surface area contributed by atoms with Crippen LogP contribution in [0, 0.1) is 0 Å². The van der Waals surface area contributed by atoms with E-state index >= 15 is 0 Å². The maximum atomic E-state index is 12.4. The van der Waals surface area contributed by atoms with Gasteiger partial charge in [-0.2, -0.15) is 0 Å². The summed E-state index contributed by atoms with van der Waals surface area (Å²) in [4.78, 5) is 27.1. The number of hydrogen-bond donors (Lipinski definition) is 0. The minimum absolute atomic E-state index is 0.148. The second-order valence-electron chi connectivity index (χ2n) is 11.4. The number of carbonyl (C=O) groups is 2. The molecule has 0 aromatic rings. The minimum atomic E-state index is -0.358. The lowest BCUT2D eigenvalue weighted by molar-refractivity contribution is -0.160. The number of carbonyl (C=O) groups excluding carboxylic acids is 2. The van der Waals surface area contributed by atoms with E-state index in [0.717, 1.165) is 45.3 Å². The quantitative estimate of drug-likeness (QED) is 0.0537. The summed E-state index contributed by atoms with van der Waals surface area (Å²) in [5.74, 6) is -0.395. The molecule has 0 bridgehead atoms. The zero-order chi connectivity index (χ0) is 29.1. The standard InChI is InChI=1S/C33H63NO6/c1-4-7-9-11-13-17-27-38-33(39-28-18-14-12-10-8-5-2)22-21-31(35)37-29-23-30(6-3)40-32(36)20-19-26-34-24-15-16-25-34/h30,33H,4-29H2,1-3H3. The molecule has 236 valence electrons.